The number of hydrogen-bond acceptors (Lipinski definition) is 3. The average molecular weight is 492 g/mol. The molecule has 1 aromatic heterocycles. The van der Waals surface area contributed by atoms with Crippen LogP contribution >= 0.6 is 0 Å². The number of benzene rings is 3. The molecule has 8 heteroatoms. The van der Waals surface area contributed by atoms with E-state index in [1.807, 2.05) is 31.2 Å². The molecule has 4 rings (SSSR count). The predicted molar refractivity (Wildman–Crippen MR) is 133 cm³/mol. The molecule has 1 N–H and O–H groups in total. The van der Waals surface area contributed by atoms with Gasteiger partial charge in [-0.05, 0) is 60.0 Å². The Morgan fingerprint density at radius 3 is 2.47 bits per heavy atom. The summed E-state index contributed by atoms with van der Waals surface area (Å²) in [5.74, 6) is 0.337. The van der Waals surface area contributed by atoms with Crippen LogP contribution in [0.5, 0.6) is 5.75 Å². The van der Waals surface area contributed by atoms with Crippen molar-refractivity contribution >= 4 is 12.0 Å². The minimum absolute atomic E-state index is 0.124. The fraction of sp³-hybridized carbons (Fsp3) is 0.143. The van der Waals surface area contributed by atoms with Gasteiger partial charge in [-0.15, -0.1) is 0 Å². The Kier molecular flexibility index (Phi) is 7.24. The van der Waals surface area contributed by atoms with E-state index in [0.717, 1.165) is 17.2 Å². The lowest BCUT2D eigenvalue weighted by Crippen LogP contribution is -2.22. The van der Waals surface area contributed by atoms with Crippen molar-refractivity contribution in [2.24, 2.45) is 0 Å². The van der Waals surface area contributed by atoms with Crippen molar-refractivity contribution in [3.05, 3.63) is 108 Å². The van der Waals surface area contributed by atoms with E-state index in [1.54, 1.807) is 54.6 Å². The highest BCUT2D eigenvalue weighted by Gasteiger charge is 2.35. The number of carbonyl (C=O) groups excluding carboxylic acids is 1. The van der Waals surface area contributed by atoms with E-state index < -0.39 is 11.9 Å². The number of rotatable bonds is 8. The topological polar surface area (TPSA) is 56.2 Å². The third-order valence-corrected chi connectivity index (χ3v) is 5.49. The second-order valence-electron chi connectivity index (χ2n) is 7.95. The number of nitrogens with zero attached hydrogens (tertiary/aromatic N) is 2. The molecule has 0 atom stereocenters. The van der Waals surface area contributed by atoms with Gasteiger partial charge in [0.1, 0.15) is 12.4 Å². The molecule has 3 aromatic carbocycles. The summed E-state index contributed by atoms with van der Waals surface area (Å²) in [5.41, 5.74) is 2.66. The number of ether oxygens (including phenoxy) is 1. The fourth-order valence-corrected chi connectivity index (χ4v) is 3.73. The highest BCUT2D eigenvalue weighted by Crippen LogP contribution is 2.31. The molecule has 0 spiro atoms. The van der Waals surface area contributed by atoms with E-state index in [-0.39, 0.29) is 18.2 Å². The number of alkyl halides is 3. The molecule has 1 amide bonds. The number of amides is 1. The smallest absolute Gasteiger partial charge is 0.435 e. The van der Waals surface area contributed by atoms with Crippen molar-refractivity contribution < 1.29 is 22.7 Å². The number of hydrogen-bond donors (Lipinski definition) is 1. The largest absolute Gasteiger partial charge is 0.487 e. The Labute approximate surface area is 206 Å². The molecule has 0 saturated carbocycles. The van der Waals surface area contributed by atoms with Crippen LogP contribution in [0.15, 0.2) is 85.4 Å². The van der Waals surface area contributed by atoms with E-state index in [1.165, 1.54) is 4.68 Å². The quantitative estimate of drug-likeness (QED) is 0.305. The molecule has 0 radical (unpaired) electrons. The first-order valence-electron chi connectivity index (χ1n) is 11.3. The van der Waals surface area contributed by atoms with Gasteiger partial charge in [-0.1, -0.05) is 55.1 Å². The van der Waals surface area contributed by atoms with Gasteiger partial charge in [-0.25, -0.2) is 4.68 Å². The Balaban J connectivity index is 1.56. The molecule has 0 fully saturated rings. The second kappa shape index (κ2) is 10.5. The zero-order valence-corrected chi connectivity index (χ0v) is 19.5. The molecule has 0 saturated heterocycles. The van der Waals surface area contributed by atoms with Gasteiger partial charge in [0, 0.05) is 12.1 Å². The first kappa shape index (κ1) is 24.8. The fourth-order valence-electron chi connectivity index (χ4n) is 3.73. The van der Waals surface area contributed by atoms with Crippen molar-refractivity contribution in [1.82, 2.24) is 15.1 Å². The van der Waals surface area contributed by atoms with Gasteiger partial charge in [-0.3, -0.25) is 4.79 Å². The Hall–Kier alpha value is -4.33. The number of aromatic nitrogens is 2. The van der Waals surface area contributed by atoms with Crippen LogP contribution in [0.4, 0.5) is 13.2 Å². The van der Waals surface area contributed by atoms with Gasteiger partial charge in [0.25, 0.3) is 5.91 Å². The third-order valence-electron chi connectivity index (χ3n) is 5.49. The molecule has 4 aromatic rings. The summed E-state index contributed by atoms with van der Waals surface area (Å²) in [5, 5.41) is 6.57. The maximum Gasteiger partial charge on any atom is 0.435 e. The van der Waals surface area contributed by atoms with Crippen LogP contribution in [0, 0.1) is 0 Å². The molecule has 0 bridgehead atoms. The van der Waals surface area contributed by atoms with Crippen molar-refractivity contribution in [2.75, 3.05) is 6.54 Å². The molecule has 184 valence electrons. The van der Waals surface area contributed by atoms with Crippen LogP contribution in [-0.4, -0.2) is 22.2 Å². The Morgan fingerprint density at radius 1 is 1.03 bits per heavy atom. The lowest BCUT2D eigenvalue weighted by Gasteiger charge is -2.12. The average Bonchev–Trinajstić information content (AvgIpc) is 3.33. The predicted octanol–water partition coefficient (Wildman–Crippen LogP) is 6.53. The summed E-state index contributed by atoms with van der Waals surface area (Å²) >= 11 is 0. The summed E-state index contributed by atoms with van der Waals surface area (Å²) in [4.78, 5) is 12.1. The lowest BCUT2D eigenvalue weighted by molar-refractivity contribution is -0.141. The minimum atomic E-state index is -4.59. The zero-order chi connectivity index (χ0) is 25.7. The lowest BCUT2D eigenvalue weighted by atomic mass is 10.0. The molecule has 36 heavy (non-hydrogen) atoms. The molecule has 0 aliphatic rings. The molecule has 0 unspecified atom stereocenters. The van der Waals surface area contributed by atoms with Gasteiger partial charge in [0.2, 0.25) is 0 Å². The second-order valence-corrected chi connectivity index (χ2v) is 7.95. The molecule has 5 nitrogen and oxygen atoms in total. The summed E-state index contributed by atoms with van der Waals surface area (Å²) in [6, 6.07) is 22.3. The van der Waals surface area contributed by atoms with Crippen molar-refractivity contribution in [3.8, 4) is 22.6 Å². The van der Waals surface area contributed by atoms with Crippen molar-refractivity contribution in [1.29, 1.82) is 0 Å². The molecule has 0 aliphatic heterocycles. The standard InChI is InChI=1S/C28H24F3N3O2/c1-3-19-8-5-6-11-25(19)34-23(17-26(33-34)28(29,30)31)18-36-24-14-12-20(13-15-24)21-9-7-10-22(16-21)27(35)32-4-2/h3,5-17H,1,4,18H2,2H3,(H,32,35). The van der Waals surface area contributed by atoms with Crippen LogP contribution in [0.25, 0.3) is 22.9 Å². The highest BCUT2D eigenvalue weighted by molar-refractivity contribution is 5.95. The van der Waals surface area contributed by atoms with Crippen LogP contribution in [-0.2, 0) is 12.8 Å². The van der Waals surface area contributed by atoms with E-state index in [4.69, 9.17) is 4.74 Å². The van der Waals surface area contributed by atoms with E-state index in [9.17, 15) is 18.0 Å². The summed E-state index contributed by atoms with van der Waals surface area (Å²) in [6.45, 7) is 6.01. The maximum absolute atomic E-state index is 13.4. The molecule has 0 aliphatic carbocycles. The first-order chi connectivity index (χ1) is 17.3. The van der Waals surface area contributed by atoms with Crippen LogP contribution < -0.4 is 10.1 Å². The normalized spacial score (nSPS) is 11.2. The monoisotopic (exact) mass is 491 g/mol. The van der Waals surface area contributed by atoms with E-state index in [0.29, 0.717) is 29.1 Å². The maximum atomic E-state index is 13.4. The number of nitrogens with one attached hydrogen (secondary N) is 1. The Bertz CT molecular complexity index is 1380. The Morgan fingerprint density at radius 2 is 1.78 bits per heavy atom. The van der Waals surface area contributed by atoms with Crippen molar-refractivity contribution in [2.45, 2.75) is 19.7 Å². The zero-order valence-electron chi connectivity index (χ0n) is 19.5. The van der Waals surface area contributed by atoms with Gasteiger partial charge in [0.15, 0.2) is 5.69 Å². The van der Waals surface area contributed by atoms with Gasteiger partial charge < -0.3 is 10.1 Å². The van der Waals surface area contributed by atoms with Crippen LogP contribution in [0.1, 0.15) is 34.2 Å². The summed E-state index contributed by atoms with van der Waals surface area (Å²) in [6.07, 6.45) is -3.03. The van der Waals surface area contributed by atoms with Crippen LogP contribution in [0.3, 0.4) is 0 Å². The van der Waals surface area contributed by atoms with Gasteiger partial charge >= 0.3 is 6.18 Å². The summed E-state index contributed by atoms with van der Waals surface area (Å²) in [7, 11) is 0. The van der Waals surface area contributed by atoms with Gasteiger partial charge in [0.05, 0.1) is 11.4 Å². The van der Waals surface area contributed by atoms with Gasteiger partial charge in [-0.2, -0.15) is 18.3 Å². The van der Waals surface area contributed by atoms with Crippen molar-refractivity contribution in [3.63, 3.8) is 0 Å². The summed E-state index contributed by atoms with van der Waals surface area (Å²) < 4.78 is 47.3. The highest BCUT2D eigenvalue weighted by atomic mass is 19.4. The number of halogens is 3. The van der Waals surface area contributed by atoms with E-state index >= 15 is 0 Å². The SMILES string of the molecule is C=Cc1ccccc1-n1nc(C(F)(F)F)cc1COc1ccc(-c2cccc(C(=O)NCC)c2)cc1. The van der Waals surface area contributed by atoms with Crippen LogP contribution in [0.2, 0.25) is 0 Å². The first-order valence-corrected chi connectivity index (χ1v) is 11.3. The minimum Gasteiger partial charge on any atom is -0.487 e. The molecular formula is C28H24F3N3O2. The molecule has 1 heterocycles. The number of para-hydroxylation sites is 1. The van der Waals surface area contributed by atoms with E-state index in [2.05, 4.69) is 17.0 Å². The third kappa shape index (κ3) is 5.49. The number of carbonyl (C=O) groups is 1. The molecular weight excluding hydrogens is 467 g/mol.